The average molecular weight is 585 g/mol. The molecule has 0 aliphatic carbocycles. The fourth-order valence-corrected chi connectivity index (χ4v) is 4.59. The third kappa shape index (κ3) is 8.06. The number of aryl methyl sites for hydroxylation is 1. The van der Waals surface area contributed by atoms with E-state index < -0.39 is 31.3 Å². The minimum absolute atomic E-state index is 0.0480. The Labute approximate surface area is 232 Å². The molecule has 0 fully saturated rings. The van der Waals surface area contributed by atoms with Gasteiger partial charge in [0, 0.05) is 32.5 Å². The number of carboxylic acids is 1. The summed E-state index contributed by atoms with van der Waals surface area (Å²) in [5, 5.41) is 9.51. The van der Waals surface area contributed by atoms with Crippen LogP contribution in [0.15, 0.2) is 36.7 Å². The van der Waals surface area contributed by atoms with Gasteiger partial charge >= 0.3 is 12.1 Å². The smallest absolute Gasteiger partial charge is 0.457 e. The van der Waals surface area contributed by atoms with Crippen LogP contribution < -0.4 is 9.30 Å². The minimum atomic E-state index is -4.56. The second-order valence-corrected chi connectivity index (χ2v) is 17.4. The van der Waals surface area contributed by atoms with Gasteiger partial charge in [0.2, 0.25) is 11.6 Å². The van der Waals surface area contributed by atoms with Gasteiger partial charge < -0.3 is 14.6 Å². The van der Waals surface area contributed by atoms with Gasteiger partial charge in [0.1, 0.15) is 12.8 Å². The van der Waals surface area contributed by atoms with E-state index in [-0.39, 0.29) is 30.1 Å². The van der Waals surface area contributed by atoms with Crippen LogP contribution in [0.1, 0.15) is 25.1 Å². The van der Waals surface area contributed by atoms with E-state index in [2.05, 4.69) is 29.6 Å². The molecule has 0 atom stereocenters. The molecule has 12 heteroatoms. The summed E-state index contributed by atoms with van der Waals surface area (Å²) >= 11 is 6.59. The van der Waals surface area contributed by atoms with Gasteiger partial charge in [-0.2, -0.15) is 13.2 Å². The summed E-state index contributed by atoms with van der Waals surface area (Å²) in [5.41, 5.74) is 0.698. The molecule has 0 radical (unpaired) electrons. The molecule has 0 saturated heterocycles. The van der Waals surface area contributed by atoms with Gasteiger partial charge in [-0.05, 0) is 50.1 Å². The molecule has 2 N–H and O–H groups in total. The van der Waals surface area contributed by atoms with Crippen LogP contribution in [0, 0.1) is 12.3 Å². The number of ether oxygens (including phenoxy) is 2. The Morgan fingerprint density at radius 1 is 1.18 bits per heavy atom. The Morgan fingerprint density at radius 2 is 1.87 bits per heavy atom. The van der Waals surface area contributed by atoms with E-state index in [4.69, 9.17) is 21.1 Å². The number of H-pyrrole nitrogens is 1. The molecule has 2 aromatic heterocycles. The van der Waals surface area contributed by atoms with Crippen LogP contribution in [0.2, 0.25) is 30.7 Å². The van der Waals surface area contributed by atoms with Gasteiger partial charge in [-0.1, -0.05) is 37.3 Å². The lowest BCUT2D eigenvalue weighted by atomic mass is 9.95. The van der Waals surface area contributed by atoms with Crippen LogP contribution in [-0.2, 0) is 22.4 Å². The van der Waals surface area contributed by atoms with Gasteiger partial charge in [0.15, 0.2) is 6.73 Å². The molecular formula is C27H34ClF3N3O4Si+. The standard InChI is InChI=1S/C27H33ClF3N3O4Si/c1-17-11-23(38-15-26(2,3)25(35)36)32-13-20(17)18-7-8-19(21(28)12-18)24-33-22(27(29,30)31)14-34(24)16-37-9-10-39(4,5)6/h7-8,11-14H,9-10,15-16H2,1-6H3,(H,35,36)/p+1. The van der Waals surface area contributed by atoms with Crippen molar-refractivity contribution in [2.45, 2.75) is 59.4 Å². The number of benzene rings is 1. The predicted octanol–water partition coefficient (Wildman–Crippen LogP) is 6.81. The van der Waals surface area contributed by atoms with Gasteiger partial charge in [0.05, 0.1) is 16.0 Å². The van der Waals surface area contributed by atoms with E-state index in [9.17, 15) is 23.1 Å². The molecule has 0 unspecified atom stereocenters. The lowest BCUT2D eigenvalue weighted by Crippen LogP contribution is -2.36. The van der Waals surface area contributed by atoms with E-state index in [1.807, 2.05) is 6.92 Å². The number of carbonyl (C=O) groups is 1. The zero-order chi connectivity index (χ0) is 29.2. The highest BCUT2D eigenvalue weighted by atomic mass is 35.5. The largest absolute Gasteiger partial charge is 0.481 e. The molecule has 212 valence electrons. The van der Waals surface area contributed by atoms with Crippen molar-refractivity contribution in [1.29, 1.82) is 0 Å². The summed E-state index contributed by atoms with van der Waals surface area (Å²) in [4.78, 5) is 18.0. The summed E-state index contributed by atoms with van der Waals surface area (Å²) in [5.74, 6) is -0.504. The molecular weight excluding hydrogens is 551 g/mol. The second kappa shape index (κ2) is 11.7. The van der Waals surface area contributed by atoms with Crippen LogP contribution in [0.4, 0.5) is 13.2 Å². The molecule has 0 aliphatic heterocycles. The lowest BCUT2D eigenvalue weighted by Gasteiger charge is -2.19. The number of nitrogens with zero attached hydrogens (tertiary/aromatic N) is 2. The first-order valence-electron chi connectivity index (χ1n) is 12.4. The quantitative estimate of drug-likeness (QED) is 0.147. The molecule has 0 amide bonds. The van der Waals surface area contributed by atoms with Crippen molar-refractivity contribution >= 4 is 25.6 Å². The zero-order valence-corrected chi connectivity index (χ0v) is 24.6. The Hall–Kier alpha value is -2.89. The second-order valence-electron chi connectivity index (χ2n) is 11.3. The number of halogens is 4. The van der Waals surface area contributed by atoms with Crippen molar-refractivity contribution in [2.75, 3.05) is 13.2 Å². The topological polar surface area (TPSA) is 88.3 Å². The van der Waals surface area contributed by atoms with Gasteiger partial charge in [-0.3, -0.25) is 4.79 Å². The molecule has 39 heavy (non-hydrogen) atoms. The van der Waals surface area contributed by atoms with Crippen molar-refractivity contribution in [3.8, 4) is 28.4 Å². The van der Waals surface area contributed by atoms with E-state index in [1.165, 1.54) is 4.57 Å². The molecule has 7 nitrogen and oxygen atoms in total. The van der Waals surface area contributed by atoms with Crippen LogP contribution in [0.3, 0.4) is 0 Å². The highest BCUT2D eigenvalue weighted by Gasteiger charge is 2.39. The van der Waals surface area contributed by atoms with Gasteiger partial charge in [0.25, 0.3) is 5.82 Å². The van der Waals surface area contributed by atoms with Crippen LogP contribution in [-0.4, -0.2) is 42.3 Å². The van der Waals surface area contributed by atoms with Crippen LogP contribution in [0.5, 0.6) is 5.88 Å². The maximum Gasteiger partial charge on any atom is 0.457 e. The number of hydrogen-bond acceptors (Lipinski definition) is 4. The molecule has 3 rings (SSSR count). The molecule has 0 bridgehead atoms. The number of pyridine rings is 1. The summed E-state index contributed by atoms with van der Waals surface area (Å²) in [6, 6.07) is 7.66. The first kappa shape index (κ1) is 30.6. The number of aromatic nitrogens is 3. The Balaban J connectivity index is 1.86. The molecule has 0 saturated carbocycles. The number of nitrogens with one attached hydrogen (secondary N) is 1. The van der Waals surface area contributed by atoms with E-state index in [0.717, 1.165) is 23.4 Å². The van der Waals surface area contributed by atoms with Crippen molar-refractivity contribution < 1.29 is 37.1 Å². The SMILES string of the molecule is Cc1cc(OCC(C)(C)C(=O)O)ncc1-c1ccc(-c2[nH]c(C(F)(F)F)c[n+]2COCC[Si](C)(C)C)c(Cl)c1. The van der Waals surface area contributed by atoms with Crippen LogP contribution in [0.25, 0.3) is 22.5 Å². The number of hydrogen-bond donors (Lipinski definition) is 2. The van der Waals surface area contributed by atoms with Crippen molar-refractivity contribution in [3.63, 3.8) is 0 Å². The van der Waals surface area contributed by atoms with Gasteiger partial charge in [-0.25, -0.2) is 14.5 Å². The van der Waals surface area contributed by atoms with E-state index in [1.54, 1.807) is 44.3 Å². The highest BCUT2D eigenvalue weighted by molar-refractivity contribution is 6.76. The molecule has 0 spiro atoms. The van der Waals surface area contributed by atoms with Crippen molar-refractivity contribution in [2.24, 2.45) is 5.41 Å². The fourth-order valence-electron chi connectivity index (χ4n) is 3.56. The summed E-state index contributed by atoms with van der Waals surface area (Å²) < 4.78 is 53.2. The number of aromatic amines is 1. The molecule has 0 aliphatic rings. The minimum Gasteiger partial charge on any atom is -0.481 e. The maximum absolute atomic E-state index is 13.5. The number of imidazole rings is 1. The normalized spacial score (nSPS) is 12.6. The number of aliphatic carboxylic acids is 1. The lowest BCUT2D eigenvalue weighted by molar-refractivity contribution is -0.721. The zero-order valence-electron chi connectivity index (χ0n) is 22.9. The number of rotatable bonds is 11. The summed E-state index contributed by atoms with van der Waals surface area (Å²) in [6.45, 7) is 11.9. The predicted molar refractivity (Wildman–Crippen MR) is 145 cm³/mol. The Kier molecular flexibility index (Phi) is 9.19. The Morgan fingerprint density at radius 3 is 2.44 bits per heavy atom. The van der Waals surface area contributed by atoms with Crippen LogP contribution >= 0.6 is 11.6 Å². The molecule has 1 aromatic carbocycles. The number of carboxylic acid groups (broad SMARTS) is 1. The first-order chi connectivity index (χ1) is 18.0. The highest BCUT2D eigenvalue weighted by Crippen LogP contribution is 2.34. The fraction of sp³-hybridized carbons (Fsp3) is 0.444. The van der Waals surface area contributed by atoms with Gasteiger partial charge in [-0.15, -0.1) is 0 Å². The third-order valence-electron chi connectivity index (χ3n) is 6.14. The van der Waals surface area contributed by atoms with Crippen molar-refractivity contribution in [3.05, 3.63) is 52.9 Å². The molecule has 3 aromatic rings. The third-order valence-corrected chi connectivity index (χ3v) is 8.15. The maximum atomic E-state index is 13.5. The summed E-state index contributed by atoms with van der Waals surface area (Å²) in [6.07, 6.45) is -1.98. The molecule has 2 heterocycles. The monoisotopic (exact) mass is 584 g/mol. The first-order valence-corrected chi connectivity index (χ1v) is 16.5. The average Bonchev–Trinajstić information content (AvgIpc) is 3.24. The Bertz CT molecular complexity index is 1340. The van der Waals surface area contributed by atoms with E-state index >= 15 is 0 Å². The number of alkyl halides is 3. The van der Waals surface area contributed by atoms with E-state index in [0.29, 0.717) is 17.7 Å². The summed E-state index contributed by atoms with van der Waals surface area (Å²) in [7, 11) is -1.35. The van der Waals surface area contributed by atoms with Crippen molar-refractivity contribution in [1.82, 2.24) is 9.97 Å².